The van der Waals surface area contributed by atoms with Gasteiger partial charge in [0.15, 0.2) is 0 Å². The van der Waals surface area contributed by atoms with E-state index in [4.69, 9.17) is 4.74 Å². The second kappa shape index (κ2) is 8.55. The van der Waals surface area contributed by atoms with Crippen LogP contribution in [0.25, 0.3) is 22.0 Å². The highest BCUT2D eigenvalue weighted by Gasteiger charge is 2.13. The van der Waals surface area contributed by atoms with Gasteiger partial charge in [0.1, 0.15) is 5.75 Å². The van der Waals surface area contributed by atoms with Gasteiger partial charge in [-0.3, -0.25) is 9.78 Å². The number of carbonyl (C=O) groups excluding carboxylic acids is 1. The number of pyridine rings is 2. The first-order valence-corrected chi connectivity index (χ1v) is 10.1. The van der Waals surface area contributed by atoms with Gasteiger partial charge in [0.05, 0.1) is 12.6 Å². The molecule has 0 aliphatic carbocycles. The van der Waals surface area contributed by atoms with Crippen LogP contribution in [0.2, 0.25) is 0 Å². The summed E-state index contributed by atoms with van der Waals surface area (Å²) in [5.41, 5.74) is 5.05. The van der Waals surface area contributed by atoms with Crippen molar-refractivity contribution < 1.29 is 9.53 Å². The van der Waals surface area contributed by atoms with Crippen molar-refractivity contribution in [2.24, 2.45) is 7.05 Å². The molecule has 32 heavy (non-hydrogen) atoms. The van der Waals surface area contributed by atoms with Crippen LogP contribution in [0.4, 0.5) is 16.2 Å². The van der Waals surface area contributed by atoms with E-state index in [2.05, 4.69) is 15.6 Å². The molecule has 0 saturated heterocycles. The van der Waals surface area contributed by atoms with Crippen molar-refractivity contribution in [1.29, 1.82) is 0 Å². The third-order valence-corrected chi connectivity index (χ3v) is 5.38. The first-order valence-electron chi connectivity index (χ1n) is 10.1. The summed E-state index contributed by atoms with van der Waals surface area (Å²) in [6, 6.07) is 15.9. The van der Waals surface area contributed by atoms with Gasteiger partial charge >= 0.3 is 6.03 Å². The number of urea groups is 1. The van der Waals surface area contributed by atoms with Crippen LogP contribution in [-0.4, -0.2) is 22.7 Å². The molecular formula is C25H24N4O3. The average molecular weight is 428 g/mol. The van der Waals surface area contributed by atoms with Crippen molar-refractivity contribution in [2.45, 2.75) is 13.8 Å². The molecule has 2 aromatic carbocycles. The van der Waals surface area contributed by atoms with Crippen LogP contribution in [0.1, 0.15) is 11.3 Å². The number of aryl methyl sites for hydroxylation is 3. The number of carbonyl (C=O) groups is 1. The number of nitrogens with one attached hydrogen (secondary N) is 2. The Morgan fingerprint density at radius 1 is 0.938 bits per heavy atom. The zero-order chi connectivity index (χ0) is 22.8. The van der Waals surface area contributed by atoms with Crippen LogP contribution >= 0.6 is 0 Å². The Labute approximate surface area is 185 Å². The Kier molecular flexibility index (Phi) is 5.64. The SMILES string of the molecule is COc1ccc(NC(=O)Nc2ccc(C)c(-c3cc4cnc(C)cc4n(C)c3=O)c2)cc1. The Hall–Kier alpha value is -4.13. The monoisotopic (exact) mass is 428 g/mol. The molecule has 4 rings (SSSR count). The molecule has 0 aliphatic rings. The number of hydrogen-bond acceptors (Lipinski definition) is 4. The van der Waals surface area contributed by atoms with Crippen molar-refractivity contribution in [2.75, 3.05) is 17.7 Å². The number of nitrogens with zero attached hydrogens (tertiary/aromatic N) is 2. The molecule has 2 heterocycles. The maximum atomic E-state index is 13.1. The average Bonchev–Trinajstić information content (AvgIpc) is 2.78. The Bertz CT molecular complexity index is 1370. The van der Waals surface area contributed by atoms with Gasteiger partial charge in [0.2, 0.25) is 0 Å². The van der Waals surface area contributed by atoms with E-state index in [1.807, 2.05) is 44.2 Å². The van der Waals surface area contributed by atoms with E-state index in [1.54, 1.807) is 49.2 Å². The molecule has 0 bridgehead atoms. The molecule has 162 valence electrons. The van der Waals surface area contributed by atoms with E-state index in [1.165, 1.54) is 0 Å². The molecule has 0 radical (unpaired) electrons. The molecule has 2 amide bonds. The lowest BCUT2D eigenvalue weighted by molar-refractivity contribution is 0.262. The van der Waals surface area contributed by atoms with E-state index >= 15 is 0 Å². The highest BCUT2D eigenvalue weighted by molar-refractivity contribution is 6.00. The number of anilines is 2. The largest absolute Gasteiger partial charge is 0.497 e. The van der Waals surface area contributed by atoms with Gasteiger partial charge in [-0.05, 0) is 73.5 Å². The summed E-state index contributed by atoms with van der Waals surface area (Å²) in [6.07, 6.45) is 1.77. The fourth-order valence-corrected chi connectivity index (χ4v) is 3.62. The Balaban J connectivity index is 1.64. The van der Waals surface area contributed by atoms with Crippen molar-refractivity contribution in [3.63, 3.8) is 0 Å². The number of aromatic nitrogens is 2. The molecule has 0 spiro atoms. The topological polar surface area (TPSA) is 85.2 Å². The van der Waals surface area contributed by atoms with E-state index in [0.29, 0.717) is 22.7 Å². The minimum Gasteiger partial charge on any atom is -0.497 e. The quantitative estimate of drug-likeness (QED) is 0.486. The van der Waals surface area contributed by atoms with E-state index in [9.17, 15) is 9.59 Å². The number of amides is 2. The summed E-state index contributed by atoms with van der Waals surface area (Å²) in [6.45, 7) is 3.83. The summed E-state index contributed by atoms with van der Waals surface area (Å²) in [7, 11) is 3.35. The van der Waals surface area contributed by atoms with Gasteiger partial charge in [0.25, 0.3) is 5.56 Å². The molecule has 2 aromatic heterocycles. The van der Waals surface area contributed by atoms with E-state index in [-0.39, 0.29) is 11.6 Å². The Morgan fingerprint density at radius 2 is 1.62 bits per heavy atom. The number of benzene rings is 2. The number of methoxy groups -OCH3 is 1. The standard InChI is InChI=1S/C25H24N4O3/c1-15-5-6-19(28-25(31)27-18-7-9-20(32-4)10-8-18)13-21(15)22-12-17-14-26-16(2)11-23(17)29(3)24(22)30/h5-14H,1-4H3,(H2,27,28,31). The summed E-state index contributed by atoms with van der Waals surface area (Å²) in [5, 5.41) is 6.50. The molecule has 7 heteroatoms. The lowest BCUT2D eigenvalue weighted by Gasteiger charge is -2.13. The van der Waals surface area contributed by atoms with Crippen molar-refractivity contribution >= 4 is 28.3 Å². The highest BCUT2D eigenvalue weighted by Crippen LogP contribution is 2.27. The fourth-order valence-electron chi connectivity index (χ4n) is 3.62. The maximum absolute atomic E-state index is 13.1. The summed E-state index contributed by atoms with van der Waals surface area (Å²) in [5.74, 6) is 0.710. The van der Waals surface area contributed by atoms with Crippen molar-refractivity contribution in [3.05, 3.63) is 82.4 Å². The lowest BCUT2D eigenvalue weighted by atomic mass is 9.99. The first kappa shape index (κ1) is 21.1. The lowest BCUT2D eigenvalue weighted by Crippen LogP contribution is -2.20. The van der Waals surface area contributed by atoms with Crippen LogP contribution in [0.5, 0.6) is 5.75 Å². The number of rotatable bonds is 4. The molecule has 0 aliphatic heterocycles. The highest BCUT2D eigenvalue weighted by atomic mass is 16.5. The van der Waals surface area contributed by atoms with Crippen LogP contribution < -0.4 is 20.9 Å². The molecule has 0 saturated carbocycles. The molecule has 0 fully saturated rings. The normalized spacial score (nSPS) is 10.8. The van der Waals surface area contributed by atoms with Gasteiger partial charge in [0, 0.05) is 41.3 Å². The maximum Gasteiger partial charge on any atom is 0.323 e. The van der Waals surface area contributed by atoms with Crippen molar-refractivity contribution in [1.82, 2.24) is 9.55 Å². The third-order valence-electron chi connectivity index (χ3n) is 5.38. The molecule has 4 aromatic rings. The number of fused-ring (bicyclic) bond motifs is 1. The van der Waals surface area contributed by atoms with Crippen LogP contribution in [-0.2, 0) is 7.05 Å². The van der Waals surface area contributed by atoms with Crippen LogP contribution in [0, 0.1) is 13.8 Å². The predicted octanol–water partition coefficient (Wildman–Crippen LogP) is 4.87. The second-order valence-corrected chi connectivity index (χ2v) is 7.64. The summed E-state index contributed by atoms with van der Waals surface area (Å²) >= 11 is 0. The van der Waals surface area contributed by atoms with Crippen LogP contribution in [0.15, 0.2) is 65.6 Å². The first-order chi connectivity index (χ1) is 15.4. The molecular weight excluding hydrogens is 404 g/mol. The summed E-state index contributed by atoms with van der Waals surface area (Å²) < 4.78 is 6.76. The smallest absolute Gasteiger partial charge is 0.323 e. The molecule has 0 atom stereocenters. The zero-order valence-electron chi connectivity index (χ0n) is 18.4. The van der Waals surface area contributed by atoms with Gasteiger partial charge in [-0.25, -0.2) is 4.79 Å². The van der Waals surface area contributed by atoms with E-state index < -0.39 is 0 Å². The van der Waals surface area contributed by atoms with Crippen molar-refractivity contribution in [3.8, 4) is 16.9 Å². The molecule has 2 N–H and O–H groups in total. The third kappa shape index (κ3) is 4.18. The molecule has 7 nitrogen and oxygen atoms in total. The predicted molar refractivity (Wildman–Crippen MR) is 128 cm³/mol. The van der Waals surface area contributed by atoms with Gasteiger partial charge in [-0.1, -0.05) is 6.07 Å². The fraction of sp³-hybridized carbons (Fsp3) is 0.160. The molecule has 0 unspecified atom stereocenters. The zero-order valence-corrected chi connectivity index (χ0v) is 18.4. The second-order valence-electron chi connectivity index (χ2n) is 7.64. The van der Waals surface area contributed by atoms with Crippen LogP contribution in [0.3, 0.4) is 0 Å². The minimum atomic E-state index is -0.379. The van der Waals surface area contributed by atoms with Gasteiger partial charge in [-0.2, -0.15) is 0 Å². The van der Waals surface area contributed by atoms with Gasteiger partial charge < -0.3 is 19.9 Å². The number of hydrogen-bond donors (Lipinski definition) is 2. The summed E-state index contributed by atoms with van der Waals surface area (Å²) in [4.78, 5) is 29.9. The number of ether oxygens (including phenoxy) is 1. The van der Waals surface area contributed by atoms with E-state index in [0.717, 1.165) is 27.7 Å². The minimum absolute atomic E-state index is 0.106. The van der Waals surface area contributed by atoms with Gasteiger partial charge in [-0.15, -0.1) is 0 Å². The Morgan fingerprint density at radius 3 is 2.34 bits per heavy atom.